The average Bonchev–Trinajstić information content (AvgIpc) is 2.84. The van der Waals surface area contributed by atoms with Crippen LogP contribution in [0.4, 0.5) is 0 Å². The normalized spacial score (nSPS) is 16.8. The molecule has 6 heteroatoms. The van der Waals surface area contributed by atoms with Crippen LogP contribution in [0.3, 0.4) is 0 Å². The number of aryl methyl sites for hydroxylation is 1. The zero-order valence-electron chi connectivity index (χ0n) is 14.4. The molecule has 2 aromatic rings. The van der Waals surface area contributed by atoms with Gasteiger partial charge in [-0.3, -0.25) is 14.2 Å². The van der Waals surface area contributed by atoms with Gasteiger partial charge in [0, 0.05) is 0 Å². The van der Waals surface area contributed by atoms with E-state index in [1.54, 1.807) is 12.1 Å². The second kappa shape index (κ2) is 7.06. The van der Waals surface area contributed by atoms with Crippen LogP contribution in [0, 0.1) is 18.3 Å². The Labute approximate surface area is 146 Å². The second-order valence-electron chi connectivity index (χ2n) is 6.81. The van der Waals surface area contributed by atoms with Crippen LogP contribution in [-0.4, -0.2) is 21.0 Å². The number of aromatic nitrogens is 2. The van der Waals surface area contributed by atoms with Gasteiger partial charge in [-0.1, -0.05) is 37.8 Å². The van der Waals surface area contributed by atoms with E-state index in [-0.39, 0.29) is 18.0 Å². The summed E-state index contributed by atoms with van der Waals surface area (Å²) in [5.74, 6) is -0.320. The summed E-state index contributed by atoms with van der Waals surface area (Å²) in [4.78, 5) is 29.4. The van der Waals surface area contributed by atoms with Crippen LogP contribution in [0.15, 0.2) is 29.3 Å². The number of carbonyl (C=O) groups is 1. The molecule has 1 heterocycles. The molecule has 1 aromatic carbocycles. The van der Waals surface area contributed by atoms with Gasteiger partial charge in [0.05, 0.1) is 23.3 Å². The maximum Gasteiger partial charge on any atom is 0.261 e. The molecule has 0 atom stereocenters. The number of benzene rings is 1. The molecule has 0 spiro atoms. The fraction of sp³-hybridized carbons (Fsp3) is 0.474. The van der Waals surface area contributed by atoms with Crippen LogP contribution in [0.2, 0.25) is 0 Å². The molecule has 1 amide bonds. The lowest BCUT2D eigenvalue weighted by Gasteiger charge is -2.26. The summed E-state index contributed by atoms with van der Waals surface area (Å²) < 4.78 is 1.30. The highest BCUT2D eigenvalue weighted by molar-refractivity contribution is 5.81. The molecule has 1 N–H and O–H groups in total. The van der Waals surface area contributed by atoms with Crippen molar-refractivity contribution in [3.63, 3.8) is 0 Å². The molecule has 3 rings (SSSR count). The Morgan fingerprint density at radius 1 is 1.32 bits per heavy atom. The fourth-order valence-electron chi connectivity index (χ4n) is 3.51. The molecule has 130 valence electrons. The Bertz CT molecular complexity index is 886. The number of hydrogen-bond donors (Lipinski definition) is 1. The average molecular weight is 338 g/mol. The topological polar surface area (TPSA) is 87.8 Å². The molecule has 1 aliphatic carbocycles. The van der Waals surface area contributed by atoms with Crippen molar-refractivity contribution in [2.45, 2.75) is 57.5 Å². The first-order valence-corrected chi connectivity index (χ1v) is 8.72. The van der Waals surface area contributed by atoms with Gasteiger partial charge in [0.1, 0.15) is 12.1 Å². The first-order valence-electron chi connectivity index (χ1n) is 8.72. The molecule has 1 aliphatic rings. The molecule has 0 aliphatic heterocycles. The SMILES string of the molecule is Cc1cccc2c(=O)n(CC(=O)NC3(C#N)CCCCCC3)cnc12. The van der Waals surface area contributed by atoms with E-state index >= 15 is 0 Å². The number of hydrogen-bond acceptors (Lipinski definition) is 4. The molecule has 0 radical (unpaired) electrons. The van der Waals surface area contributed by atoms with Gasteiger partial charge < -0.3 is 5.32 Å². The fourth-order valence-corrected chi connectivity index (χ4v) is 3.51. The summed E-state index contributed by atoms with van der Waals surface area (Å²) in [5.41, 5.74) is 0.531. The van der Waals surface area contributed by atoms with E-state index in [1.165, 1.54) is 10.9 Å². The van der Waals surface area contributed by atoms with Crippen LogP contribution >= 0.6 is 0 Å². The largest absolute Gasteiger partial charge is 0.336 e. The summed E-state index contributed by atoms with van der Waals surface area (Å²) in [6, 6.07) is 7.71. The van der Waals surface area contributed by atoms with Crippen molar-refractivity contribution in [2.75, 3.05) is 0 Å². The molecule has 25 heavy (non-hydrogen) atoms. The number of nitrogens with zero attached hydrogens (tertiary/aromatic N) is 3. The Morgan fingerprint density at radius 3 is 2.72 bits per heavy atom. The molecule has 1 aromatic heterocycles. The lowest BCUT2D eigenvalue weighted by Crippen LogP contribution is -2.48. The Morgan fingerprint density at radius 2 is 2.04 bits per heavy atom. The zero-order chi connectivity index (χ0) is 17.9. The van der Waals surface area contributed by atoms with E-state index in [9.17, 15) is 14.9 Å². The number of carbonyl (C=O) groups excluding carboxylic acids is 1. The third-order valence-corrected chi connectivity index (χ3v) is 4.92. The smallest absolute Gasteiger partial charge is 0.261 e. The Kier molecular flexibility index (Phi) is 4.84. The molecule has 0 bridgehead atoms. The van der Waals surface area contributed by atoms with Crippen molar-refractivity contribution < 1.29 is 4.79 Å². The van der Waals surface area contributed by atoms with Gasteiger partial charge in [-0.2, -0.15) is 5.26 Å². The standard InChI is InChI=1S/C19H22N4O2/c1-14-7-6-8-15-17(14)21-13-23(18(15)25)11-16(24)22-19(12-20)9-4-2-3-5-10-19/h6-8,13H,2-5,9-11H2,1H3,(H,22,24). The van der Waals surface area contributed by atoms with E-state index in [0.717, 1.165) is 31.2 Å². The molecule has 0 saturated heterocycles. The van der Waals surface area contributed by atoms with Crippen LogP contribution in [0.5, 0.6) is 0 Å². The van der Waals surface area contributed by atoms with Crippen molar-refractivity contribution >= 4 is 16.8 Å². The van der Waals surface area contributed by atoms with Crippen molar-refractivity contribution in [1.29, 1.82) is 5.26 Å². The molecule has 6 nitrogen and oxygen atoms in total. The maximum absolute atomic E-state index is 12.6. The summed E-state index contributed by atoms with van der Waals surface area (Å²) in [6.07, 6.45) is 6.79. The van der Waals surface area contributed by atoms with Crippen molar-refractivity contribution in [2.24, 2.45) is 0 Å². The minimum absolute atomic E-state index is 0.126. The Balaban J connectivity index is 1.81. The maximum atomic E-state index is 12.6. The van der Waals surface area contributed by atoms with Crippen molar-refractivity contribution in [3.8, 4) is 6.07 Å². The first kappa shape index (κ1) is 17.2. The highest BCUT2D eigenvalue weighted by Crippen LogP contribution is 2.26. The highest BCUT2D eigenvalue weighted by atomic mass is 16.2. The van der Waals surface area contributed by atoms with Crippen LogP contribution < -0.4 is 10.9 Å². The van der Waals surface area contributed by atoms with Gasteiger partial charge in [-0.25, -0.2) is 4.98 Å². The summed E-state index contributed by atoms with van der Waals surface area (Å²) in [5, 5.41) is 12.9. The number of nitrogens with one attached hydrogen (secondary N) is 1. The van der Waals surface area contributed by atoms with Crippen molar-refractivity contribution in [3.05, 3.63) is 40.4 Å². The van der Waals surface area contributed by atoms with Crippen LogP contribution in [-0.2, 0) is 11.3 Å². The van der Waals surface area contributed by atoms with Gasteiger partial charge in [0.25, 0.3) is 5.56 Å². The predicted octanol–water partition coefficient (Wildman–Crippen LogP) is 2.44. The zero-order valence-corrected chi connectivity index (χ0v) is 14.4. The lowest BCUT2D eigenvalue weighted by molar-refractivity contribution is -0.123. The molecule has 1 saturated carbocycles. The number of rotatable bonds is 3. The minimum Gasteiger partial charge on any atom is -0.336 e. The number of fused-ring (bicyclic) bond motifs is 1. The highest BCUT2D eigenvalue weighted by Gasteiger charge is 2.32. The number of nitriles is 1. The number of amides is 1. The number of para-hydroxylation sites is 1. The van der Waals surface area contributed by atoms with Gasteiger partial charge in [-0.05, 0) is 31.4 Å². The van der Waals surface area contributed by atoms with Gasteiger partial charge in [-0.15, -0.1) is 0 Å². The lowest BCUT2D eigenvalue weighted by atomic mass is 9.92. The quantitative estimate of drug-likeness (QED) is 0.871. The third kappa shape index (κ3) is 3.55. The molecule has 1 fully saturated rings. The molecular formula is C19H22N4O2. The monoisotopic (exact) mass is 338 g/mol. The second-order valence-corrected chi connectivity index (χ2v) is 6.81. The van der Waals surface area contributed by atoms with Crippen LogP contribution in [0.1, 0.15) is 44.1 Å². The van der Waals surface area contributed by atoms with E-state index < -0.39 is 5.54 Å². The van der Waals surface area contributed by atoms with E-state index in [4.69, 9.17) is 0 Å². The molecular weight excluding hydrogens is 316 g/mol. The van der Waals surface area contributed by atoms with E-state index in [1.807, 2.05) is 13.0 Å². The third-order valence-electron chi connectivity index (χ3n) is 4.92. The van der Waals surface area contributed by atoms with E-state index in [2.05, 4.69) is 16.4 Å². The van der Waals surface area contributed by atoms with Gasteiger partial charge in [0.15, 0.2) is 0 Å². The summed E-state index contributed by atoms with van der Waals surface area (Å²) in [6.45, 7) is 1.77. The summed E-state index contributed by atoms with van der Waals surface area (Å²) in [7, 11) is 0. The van der Waals surface area contributed by atoms with Gasteiger partial charge in [0.2, 0.25) is 5.91 Å². The minimum atomic E-state index is -0.807. The summed E-state index contributed by atoms with van der Waals surface area (Å²) >= 11 is 0. The van der Waals surface area contributed by atoms with Gasteiger partial charge >= 0.3 is 0 Å². The molecule has 0 unspecified atom stereocenters. The predicted molar refractivity (Wildman–Crippen MR) is 94.9 cm³/mol. The van der Waals surface area contributed by atoms with E-state index in [0.29, 0.717) is 23.7 Å². The first-order chi connectivity index (χ1) is 12.0. The van der Waals surface area contributed by atoms with Crippen molar-refractivity contribution in [1.82, 2.24) is 14.9 Å². The Hall–Kier alpha value is -2.68. The van der Waals surface area contributed by atoms with Crippen LogP contribution in [0.25, 0.3) is 10.9 Å².